The van der Waals surface area contributed by atoms with E-state index in [9.17, 15) is 9.18 Å². The Hall–Kier alpha value is -2.48. The molecule has 0 N–H and O–H groups in total. The van der Waals surface area contributed by atoms with Crippen LogP contribution in [0.2, 0.25) is 0 Å². The largest absolute Gasteiger partial charge is 0.496 e. The van der Waals surface area contributed by atoms with Crippen LogP contribution in [0, 0.1) is 5.82 Å². The van der Waals surface area contributed by atoms with Crippen molar-refractivity contribution in [2.24, 2.45) is 0 Å². The number of carbonyl (C=O) groups excluding carboxylic acids is 1. The maximum atomic E-state index is 13.4. The van der Waals surface area contributed by atoms with Gasteiger partial charge in [0.25, 0.3) is 5.91 Å². The Morgan fingerprint density at radius 1 is 1.12 bits per heavy atom. The average molecular weight is 378 g/mol. The van der Waals surface area contributed by atoms with Gasteiger partial charge in [-0.05, 0) is 12.1 Å². The highest BCUT2D eigenvalue weighted by atomic mass is 32.2. The van der Waals surface area contributed by atoms with E-state index >= 15 is 0 Å². The second-order valence-corrected chi connectivity index (χ2v) is 6.75. The Morgan fingerprint density at radius 3 is 2.46 bits per heavy atom. The van der Waals surface area contributed by atoms with Crippen molar-refractivity contribution in [2.45, 2.75) is 5.37 Å². The molecule has 1 aliphatic rings. The molecule has 2 aromatic rings. The minimum Gasteiger partial charge on any atom is -0.496 e. The van der Waals surface area contributed by atoms with E-state index in [-0.39, 0.29) is 16.8 Å². The summed E-state index contributed by atoms with van der Waals surface area (Å²) in [6.45, 7) is 0.544. The number of rotatable bonds is 5. The monoisotopic (exact) mass is 378 g/mol. The summed E-state index contributed by atoms with van der Waals surface area (Å²) in [5, 5.41) is -0.277. The third kappa shape index (κ3) is 3.41. The van der Waals surface area contributed by atoms with Gasteiger partial charge in [0.2, 0.25) is 0 Å². The van der Waals surface area contributed by atoms with Gasteiger partial charge in [-0.15, -0.1) is 11.8 Å². The molecule has 1 atom stereocenters. The van der Waals surface area contributed by atoms with Gasteiger partial charge in [0.1, 0.15) is 16.9 Å². The van der Waals surface area contributed by atoms with Gasteiger partial charge in [0.05, 0.1) is 33.1 Å². The van der Waals surface area contributed by atoms with Gasteiger partial charge in [-0.3, -0.25) is 9.78 Å². The van der Waals surface area contributed by atoms with Gasteiger partial charge in [0, 0.05) is 30.1 Å². The lowest BCUT2D eigenvalue weighted by molar-refractivity contribution is 0.0758. The number of carbonyl (C=O) groups is 1. The summed E-state index contributed by atoms with van der Waals surface area (Å²) in [6.07, 6.45) is 2.45. The van der Waals surface area contributed by atoms with Gasteiger partial charge in [-0.25, -0.2) is 4.39 Å². The van der Waals surface area contributed by atoms with Crippen molar-refractivity contribution in [1.82, 2.24) is 9.88 Å². The standard InChI is InChI=1S/C18H19FN2O4S/c1-23-14-8-16(25-3)15(24-2)7-13(14)18-21(4-5-26-18)17(22)11-6-12(19)10-20-9-11/h6-10,18H,4-5H2,1-3H3. The quantitative estimate of drug-likeness (QED) is 0.797. The fraction of sp³-hybridized carbons (Fsp3) is 0.333. The normalized spacial score (nSPS) is 16.5. The number of thioether (sulfide) groups is 1. The first-order chi connectivity index (χ1) is 12.6. The molecule has 0 spiro atoms. The van der Waals surface area contributed by atoms with Crippen LogP contribution in [0.15, 0.2) is 30.6 Å². The number of benzene rings is 1. The zero-order chi connectivity index (χ0) is 18.7. The van der Waals surface area contributed by atoms with Gasteiger partial charge in [-0.2, -0.15) is 0 Å². The molecule has 1 unspecified atom stereocenters. The molecule has 1 aromatic heterocycles. The molecule has 26 heavy (non-hydrogen) atoms. The van der Waals surface area contributed by atoms with Crippen molar-refractivity contribution in [2.75, 3.05) is 33.6 Å². The van der Waals surface area contributed by atoms with Gasteiger partial charge in [-0.1, -0.05) is 0 Å². The maximum Gasteiger partial charge on any atom is 0.256 e. The van der Waals surface area contributed by atoms with Gasteiger partial charge < -0.3 is 19.1 Å². The molecular formula is C18H19FN2O4S. The molecule has 1 aromatic carbocycles. The Morgan fingerprint density at radius 2 is 1.81 bits per heavy atom. The van der Waals surface area contributed by atoms with Crippen molar-refractivity contribution in [3.8, 4) is 17.2 Å². The number of hydrogen-bond donors (Lipinski definition) is 0. The second kappa shape index (κ2) is 7.82. The summed E-state index contributed by atoms with van der Waals surface area (Å²) in [7, 11) is 4.67. The summed E-state index contributed by atoms with van der Waals surface area (Å²) in [4.78, 5) is 18.3. The first-order valence-electron chi connectivity index (χ1n) is 7.92. The van der Waals surface area contributed by atoms with Crippen LogP contribution in [0.5, 0.6) is 17.2 Å². The number of aromatic nitrogens is 1. The van der Waals surface area contributed by atoms with Gasteiger partial charge in [0.15, 0.2) is 11.5 Å². The van der Waals surface area contributed by atoms with Crippen molar-refractivity contribution >= 4 is 17.7 Å². The van der Waals surface area contributed by atoms with Crippen LogP contribution in [0.25, 0.3) is 0 Å². The molecule has 1 fully saturated rings. The SMILES string of the molecule is COc1cc(OC)c(C2SCCN2C(=O)c2cncc(F)c2)cc1OC. The smallest absolute Gasteiger partial charge is 0.256 e. The number of hydrogen-bond acceptors (Lipinski definition) is 6. The lowest BCUT2D eigenvalue weighted by atomic mass is 10.1. The molecule has 0 aliphatic carbocycles. The Balaban J connectivity index is 1.98. The Kier molecular flexibility index (Phi) is 5.51. The van der Waals surface area contributed by atoms with E-state index in [2.05, 4.69) is 4.98 Å². The van der Waals surface area contributed by atoms with Crippen LogP contribution < -0.4 is 14.2 Å². The van der Waals surface area contributed by atoms with E-state index in [1.165, 1.54) is 12.3 Å². The highest BCUT2D eigenvalue weighted by Gasteiger charge is 2.34. The maximum absolute atomic E-state index is 13.4. The fourth-order valence-electron chi connectivity index (χ4n) is 2.88. The molecule has 0 bridgehead atoms. The molecule has 0 saturated carbocycles. The first kappa shape index (κ1) is 18.3. The number of pyridine rings is 1. The number of nitrogens with zero attached hydrogens (tertiary/aromatic N) is 2. The predicted molar refractivity (Wildman–Crippen MR) is 96.5 cm³/mol. The average Bonchev–Trinajstić information content (AvgIpc) is 3.15. The van der Waals surface area contributed by atoms with Crippen LogP contribution in [-0.2, 0) is 0 Å². The lowest BCUT2D eigenvalue weighted by Crippen LogP contribution is -2.30. The first-order valence-corrected chi connectivity index (χ1v) is 8.97. The summed E-state index contributed by atoms with van der Waals surface area (Å²) < 4.78 is 29.6. The van der Waals surface area contributed by atoms with Crippen LogP contribution in [0.3, 0.4) is 0 Å². The Labute approximate surface area is 155 Å². The molecule has 6 nitrogen and oxygen atoms in total. The minimum absolute atomic E-state index is 0.219. The molecule has 1 amide bonds. The van der Waals surface area contributed by atoms with Crippen molar-refractivity contribution < 1.29 is 23.4 Å². The molecule has 0 radical (unpaired) electrons. The molecule has 8 heteroatoms. The van der Waals surface area contributed by atoms with Crippen LogP contribution in [-0.4, -0.2) is 49.4 Å². The molecule has 1 saturated heterocycles. The van der Waals surface area contributed by atoms with E-state index in [1.807, 2.05) is 6.07 Å². The van der Waals surface area contributed by atoms with Crippen LogP contribution in [0.1, 0.15) is 21.3 Å². The third-order valence-corrected chi connectivity index (χ3v) is 5.35. The Bertz CT molecular complexity index is 818. The lowest BCUT2D eigenvalue weighted by Gasteiger charge is -2.26. The third-order valence-electron chi connectivity index (χ3n) is 4.11. The second-order valence-electron chi connectivity index (χ2n) is 5.56. The highest BCUT2D eigenvalue weighted by Crippen LogP contribution is 2.46. The van der Waals surface area contributed by atoms with Crippen LogP contribution >= 0.6 is 11.8 Å². The highest BCUT2D eigenvalue weighted by molar-refractivity contribution is 7.99. The summed E-state index contributed by atoms with van der Waals surface area (Å²) in [5.41, 5.74) is 1.02. The number of halogens is 1. The molecular weight excluding hydrogens is 359 g/mol. The van der Waals surface area contributed by atoms with Crippen LogP contribution in [0.4, 0.5) is 4.39 Å². The number of ether oxygens (including phenoxy) is 3. The summed E-state index contributed by atoms with van der Waals surface area (Å²) in [5.74, 6) is 1.64. The summed E-state index contributed by atoms with van der Waals surface area (Å²) in [6, 6.07) is 4.74. The van der Waals surface area contributed by atoms with E-state index in [4.69, 9.17) is 14.2 Å². The van der Waals surface area contributed by atoms with E-state index in [1.54, 1.807) is 44.1 Å². The van der Waals surface area contributed by atoms with Gasteiger partial charge >= 0.3 is 0 Å². The summed E-state index contributed by atoms with van der Waals surface area (Å²) >= 11 is 1.61. The van der Waals surface area contributed by atoms with Crippen molar-refractivity contribution in [1.29, 1.82) is 0 Å². The van der Waals surface area contributed by atoms with E-state index in [0.717, 1.165) is 17.5 Å². The molecule has 138 valence electrons. The fourth-order valence-corrected chi connectivity index (χ4v) is 4.15. The van der Waals surface area contributed by atoms with E-state index < -0.39 is 5.82 Å². The van der Waals surface area contributed by atoms with Crippen molar-refractivity contribution in [3.63, 3.8) is 0 Å². The minimum atomic E-state index is -0.539. The number of methoxy groups -OCH3 is 3. The molecule has 1 aliphatic heterocycles. The van der Waals surface area contributed by atoms with E-state index in [0.29, 0.717) is 23.8 Å². The molecule has 3 rings (SSSR count). The zero-order valence-electron chi connectivity index (χ0n) is 14.7. The topological polar surface area (TPSA) is 60.9 Å². The molecule has 2 heterocycles. The number of amides is 1. The van der Waals surface area contributed by atoms with Crippen molar-refractivity contribution in [3.05, 3.63) is 47.5 Å². The predicted octanol–water partition coefficient (Wildman–Crippen LogP) is 3.13. The zero-order valence-corrected chi connectivity index (χ0v) is 15.5.